The van der Waals surface area contributed by atoms with Crippen LogP contribution in [0.3, 0.4) is 0 Å². The molecule has 0 spiro atoms. The Morgan fingerprint density at radius 3 is 2.77 bits per heavy atom. The largest absolute Gasteiger partial charge is 0.467 e. The zero-order valence-corrected chi connectivity index (χ0v) is 15.5. The van der Waals surface area contributed by atoms with E-state index < -0.39 is 6.04 Å². The summed E-state index contributed by atoms with van der Waals surface area (Å²) in [5, 5.41) is 5.57. The van der Waals surface area contributed by atoms with Crippen LogP contribution in [0.5, 0.6) is 0 Å². The number of nitrogens with zero attached hydrogens (tertiary/aromatic N) is 3. The molecule has 1 aromatic carbocycles. The molecule has 134 valence electrons. The van der Waals surface area contributed by atoms with Crippen LogP contribution in [0.1, 0.15) is 28.2 Å². The minimum atomic E-state index is -0.482. The predicted octanol–water partition coefficient (Wildman–Crippen LogP) is 3.17. The summed E-state index contributed by atoms with van der Waals surface area (Å²) in [6.45, 7) is 2.52. The van der Waals surface area contributed by atoms with Crippen molar-refractivity contribution in [2.24, 2.45) is 0 Å². The molecule has 1 aliphatic rings. The molecule has 6 nitrogen and oxygen atoms in total. The molecule has 2 aromatic heterocycles. The highest BCUT2D eigenvalue weighted by Crippen LogP contribution is 2.32. The number of aryl methyl sites for hydroxylation is 1. The van der Waals surface area contributed by atoms with Crippen LogP contribution < -0.4 is 0 Å². The fourth-order valence-electron chi connectivity index (χ4n) is 3.43. The van der Waals surface area contributed by atoms with Crippen LogP contribution in [0.2, 0.25) is 0 Å². The first-order valence-electron chi connectivity index (χ1n) is 8.53. The van der Waals surface area contributed by atoms with Gasteiger partial charge in [-0.1, -0.05) is 18.2 Å². The van der Waals surface area contributed by atoms with Crippen molar-refractivity contribution in [2.75, 3.05) is 13.7 Å². The van der Waals surface area contributed by atoms with Crippen molar-refractivity contribution in [1.82, 2.24) is 14.7 Å². The Labute approximate surface area is 155 Å². The Morgan fingerprint density at radius 1 is 1.27 bits per heavy atom. The highest BCUT2D eigenvalue weighted by Gasteiger charge is 2.36. The van der Waals surface area contributed by atoms with Crippen LogP contribution in [0.15, 0.2) is 36.4 Å². The number of carbonyl (C=O) groups excluding carboxylic acids is 2. The number of esters is 1. The van der Waals surface area contributed by atoms with E-state index in [1.54, 1.807) is 4.90 Å². The molecular formula is C19H19N3O3S. The van der Waals surface area contributed by atoms with Crippen molar-refractivity contribution in [1.29, 1.82) is 0 Å². The number of hydrogen-bond donors (Lipinski definition) is 0. The average Bonchev–Trinajstić information content (AvgIpc) is 3.38. The molecule has 0 N–H and O–H groups in total. The first kappa shape index (κ1) is 16.8. The van der Waals surface area contributed by atoms with E-state index in [9.17, 15) is 9.59 Å². The van der Waals surface area contributed by atoms with Gasteiger partial charge in [-0.15, -0.1) is 11.3 Å². The number of aromatic nitrogens is 2. The molecule has 1 unspecified atom stereocenters. The van der Waals surface area contributed by atoms with Crippen LogP contribution in [0, 0.1) is 6.92 Å². The zero-order valence-electron chi connectivity index (χ0n) is 14.6. The highest BCUT2D eigenvalue weighted by atomic mass is 32.1. The minimum absolute atomic E-state index is 0.113. The van der Waals surface area contributed by atoms with E-state index in [0.717, 1.165) is 28.0 Å². The second kappa shape index (κ2) is 6.57. The van der Waals surface area contributed by atoms with Crippen LogP contribution in [0.25, 0.3) is 15.9 Å². The topological polar surface area (TPSA) is 64.4 Å². The van der Waals surface area contributed by atoms with Crippen molar-refractivity contribution in [3.8, 4) is 5.69 Å². The fourth-order valence-corrected chi connectivity index (χ4v) is 4.57. The molecular weight excluding hydrogens is 350 g/mol. The van der Waals surface area contributed by atoms with Gasteiger partial charge in [0.05, 0.1) is 23.4 Å². The molecule has 0 saturated carbocycles. The van der Waals surface area contributed by atoms with Gasteiger partial charge in [0.1, 0.15) is 10.9 Å². The first-order chi connectivity index (χ1) is 12.6. The molecule has 7 heteroatoms. The lowest BCUT2D eigenvalue weighted by Gasteiger charge is -2.21. The van der Waals surface area contributed by atoms with Crippen LogP contribution in [0.4, 0.5) is 0 Å². The first-order valence-corrected chi connectivity index (χ1v) is 9.35. The van der Waals surface area contributed by atoms with E-state index in [1.165, 1.54) is 18.4 Å². The lowest BCUT2D eigenvalue weighted by molar-refractivity contribution is -0.145. The number of carbonyl (C=O) groups is 2. The second-order valence-corrected chi connectivity index (χ2v) is 7.37. The molecule has 3 aromatic rings. The molecule has 1 atom stereocenters. The summed E-state index contributed by atoms with van der Waals surface area (Å²) in [5.41, 5.74) is 1.84. The smallest absolute Gasteiger partial charge is 0.328 e. The summed E-state index contributed by atoms with van der Waals surface area (Å²) in [6, 6.07) is 11.3. The average molecular weight is 369 g/mol. The lowest BCUT2D eigenvalue weighted by Crippen LogP contribution is -2.40. The van der Waals surface area contributed by atoms with Crippen molar-refractivity contribution in [3.05, 3.63) is 47.0 Å². The molecule has 0 radical (unpaired) electrons. The van der Waals surface area contributed by atoms with Crippen LogP contribution in [-0.4, -0.2) is 46.3 Å². The number of para-hydroxylation sites is 1. The zero-order chi connectivity index (χ0) is 18.3. The highest BCUT2D eigenvalue weighted by molar-refractivity contribution is 7.20. The number of hydrogen-bond acceptors (Lipinski definition) is 5. The van der Waals surface area contributed by atoms with E-state index in [-0.39, 0.29) is 11.9 Å². The normalized spacial score (nSPS) is 17.0. The number of rotatable bonds is 3. The van der Waals surface area contributed by atoms with Gasteiger partial charge in [-0.2, -0.15) is 5.10 Å². The van der Waals surface area contributed by atoms with Gasteiger partial charge in [-0.25, -0.2) is 9.48 Å². The quantitative estimate of drug-likeness (QED) is 0.665. The third-order valence-electron chi connectivity index (χ3n) is 4.74. The maximum Gasteiger partial charge on any atom is 0.328 e. The fraction of sp³-hybridized carbons (Fsp3) is 0.316. The van der Waals surface area contributed by atoms with Crippen LogP contribution in [-0.2, 0) is 9.53 Å². The number of fused-ring (bicyclic) bond motifs is 1. The number of methoxy groups -OCH3 is 1. The predicted molar refractivity (Wildman–Crippen MR) is 99.8 cm³/mol. The maximum absolute atomic E-state index is 13.0. The molecule has 1 fully saturated rings. The molecule has 0 bridgehead atoms. The Balaban J connectivity index is 1.72. The van der Waals surface area contributed by atoms with Gasteiger partial charge < -0.3 is 9.64 Å². The SMILES string of the molecule is COC(=O)C1CCCN1C(=O)c1cc2c(C)nn(-c3ccccc3)c2s1. The lowest BCUT2D eigenvalue weighted by atomic mass is 10.2. The summed E-state index contributed by atoms with van der Waals surface area (Å²) in [4.78, 5) is 28.1. The van der Waals surface area contributed by atoms with Gasteiger partial charge in [0.15, 0.2) is 0 Å². The molecule has 0 aliphatic carbocycles. The minimum Gasteiger partial charge on any atom is -0.467 e. The third-order valence-corrected chi connectivity index (χ3v) is 5.84. The Kier molecular flexibility index (Phi) is 4.24. The van der Waals surface area contributed by atoms with E-state index in [0.29, 0.717) is 17.8 Å². The molecule has 4 rings (SSSR count). The summed E-state index contributed by atoms with van der Waals surface area (Å²) < 4.78 is 6.72. The van der Waals surface area contributed by atoms with E-state index in [4.69, 9.17) is 4.74 Å². The summed E-state index contributed by atoms with van der Waals surface area (Å²) >= 11 is 1.41. The Hall–Kier alpha value is -2.67. The number of thiophene rings is 1. The van der Waals surface area contributed by atoms with Gasteiger partial charge >= 0.3 is 5.97 Å². The number of benzene rings is 1. The van der Waals surface area contributed by atoms with Crippen molar-refractivity contribution in [2.45, 2.75) is 25.8 Å². The van der Waals surface area contributed by atoms with Gasteiger partial charge in [0.25, 0.3) is 5.91 Å². The van der Waals surface area contributed by atoms with Crippen LogP contribution >= 0.6 is 11.3 Å². The molecule has 1 aliphatic heterocycles. The molecule has 1 saturated heterocycles. The monoisotopic (exact) mass is 369 g/mol. The molecule has 1 amide bonds. The van der Waals surface area contributed by atoms with E-state index >= 15 is 0 Å². The van der Waals surface area contributed by atoms with Crippen molar-refractivity contribution >= 4 is 33.4 Å². The number of amides is 1. The summed E-state index contributed by atoms with van der Waals surface area (Å²) in [6.07, 6.45) is 1.47. The van der Waals surface area contributed by atoms with Gasteiger partial charge in [0, 0.05) is 11.9 Å². The van der Waals surface area contributed by atoms with Gasteiger partial charge in [-0.05, 0) is 38.0 Å². The van der Waals surface area contributed by atoms with Crippen molar-refractivity contribution in [3.63, 3.8) is 0 Å². The van der Waals surface area contributed by atoms with E-state index in [2.05, 4.69) is 5.10 Å². The van der Waals surface area contributed by atoms with Gasteiger partial charge in [0.2, 0.25) is 0 Å². The number of likely N-dealkylation sites (tertiary alicyclic amines) is 1. The third kappa shape index (κ3) is 2.68. The van der Waals surface area contributed by atoms with E-state index in [1.807, 2.05) is 48.0 Å². The number of ether oxygens (including phenoxy) is 1. The Morgan fingerprint density at radius 2 is 2.04 bits per heavy atom. The maximum atomic E-state index is 13.0. The Bertz CT molecular complexity index is 977. The van der Waals surface area contributed by atoms with Gasteiger partial charge in [-0.3, -0.25) is 4.79 Å². The second-order valence-electron chi connectivity index (χ2n) is 6.34. The molecule has 26 heavy (non-hydrogen) atoms. The standard InChI is InChI=1S/C19H19N3O3S/c1-12-14-11-16(17(23)21-10-6-9-15(21)19(24)25-2)26-18(14)22(20-12)13-7-4-3-5-8-13/h3-5,7-8,11,15H,6,9-10H2,1-2H3. The summed E-state index contributed by atoms with van der Waals surface area (Å²) in [5.74, 6) is -0.457. The molecule has 3 heterocycles. The van der Waals surface area contributed by atoms with Crippen molar-refractivity contribution < 1.29 is 14.3 Å². The summed E-state index contributed by atoms with van der Waals surface area (Å²) in [7, 11) is 1.36.